The molecule has 0 aliphatic carbocycles. The van der Waals surface area contributed by atoms with E-state index < -0.39 is 16.1 Å². The van der Waals surface area contributed by atoms with Crippen LogP contribution in [0.2, 0.25) is 0 Å². The van der Waals surface area contributed by atoms with Gasteiger partial charge in [-0.05, 0) is 49.4 Å². The largest absolute Gasteiger partial charge is 0.379 e. The Morgan fingerprint density at radius 1 is 0.909 bits per heavy atom. The fraction of sp³-hybridized carbons (Fsp3) is 0.435. The second-order valence-electron chi connectivity index (χ2n) is 8.05. The van der Waals surface area contributed by atoms with E-state index in [4.69, 9.17) is 9.47 Å². The van der Waals surface area contributed by atoms with Crippen molar-refractivity contribution in [2.45, 2.75) is 17.9 Å². The predicted molar refractivity (Wildman–Crippen MR) is 127 cm³/mol. The van der Waals surface area contributed by atoms with Gasteiger partial charge in [0.2, 0.25) is 15.9 Å². The van der Waals surface area contributed by atoms with Crippen molar-refractivity contribution >= 4 is 33.0 Å². The molecule has 2 aliphatic rings. The van der Waals surface area contributed by atoms with Gasteiger partial charge in [0.05, 0.1) is 31.3 Å². The molecule has 0 aromatic heterocycles. The Morgan fingerprint density at radius 3 is 2.21 bits per heavy atom. The summed E-state index contributed by atoms with van der Waals surface area (Å²) in [5.74, 6) is -0.212. The van der Waals surface area contributed by atoms with Crippen molar-refractivity contribution in [1.82, 2.24) is 4.31 Å². The number of ether oxygens (including phenoxy) is 2. The number of nitrogens with zero attached hydrogens (tertiary/aromatic N) is 2. The molecule has 9 nitrogen and oxygen atoms in total. The Labute approximate surface area is 194 Å². The van der Waals surface area contributed by atoms with E-state index in [1.54, 1.807) is 31.2 Å². The van der Waals surface area contributed by atoms with Gasteiger partial charge in [0.25, 0.3) is 0 Å². The Hall–Kier alpha value is -2.66. The van der Waals surface area contributed by atoms with E-state index >= 15 is 0 Å². The smallest absolute Gasteiger partial charge is 0.246 e. The fourth-order valence-corrected chi connectivity index (χ4v) is 5.28. The van der Waals surface area contributed by atoms with Crippen molar-refractivity contribution in [3.63, 3.8) is 0 Å². The van der Waals surface area contributed by atoms with Crippen LogP contribution in [0.25, 0.3) is 0 Å². The van der Waals surface area contributed by atoms with Gasteiger partial charge < -0.3 is 25.0 Å². The lowest BCUT2D eigenvalue weighted by Gasteiger charge is -2.29. The van der Waals surface area contributed by atoms with Crippen molar-refractivity contribution < 1.29 is 22.7 Å². The minimum Gasteiger partial charge on any atom is -0.379 e. The van der Waals surface area contributed by atoms with E-state index in [1.165, 1.54) is 4.31 Å². The molecule has 2 saturated heterocycles. The maximum Gasteiger partial charge on any atom is 0.246 e. The molecule has 1 atom stereocenters. The highest BCUT2D eigenvalue weighted by atomic mass is 32.2. The monoisotopic (exact) mass is 474 g/mol. The number of carbonyl (C=O) groups excluding carboxylic acids is 1. The maximum atomic E-state index is 12.9. The van der Waals surface area contributed by atoms with Gasteiger partial charge in [0.1, 0.15) is 6.04 Å². The molecule has 178 valence electrons. The third-order valence-corrected chi connectivity index (χ3v) is 7.62. The Balaban J connectivity index is 1.36. The maximum absolute atomic E-state index is 12.9. The van der Waals surface area contributed by atoms with Crippen molar-refractivity contribution in [2.24, 2.45) is 0 Å². The molecular formula is C23H30N4O5S. The highest BCUT2D eigenvalue weighted by Gasteiger charge is 2.26. The summed E-state index contributed by atoms with van der Waals surface area (Å²) < 4.78 is 37.8. The number of amides is 1. The van der Waals surface area contributed by atoms with E-state index in [-0.39, 0.29) is 10.8 Å². The lowest BCUT2D eigenvalue weighted by molar-refractivity contribution is -0.116. The number of sulfonamides is 1. The number of hydrogen-bond acceptors (Lipinski definition) is 7. The van der Waals surface area contributed by atoms with Crippen molar-refractivity contribution in [2.75, 3.05) is 68.1 Å². The first-order chi connectivity index (χ1) is 15.9. The number of carbonyl (C=O) groups is 1. The van der Waals surface area contributed by atoms with Crippen molar-refractivity contribution in [3.05, 3.63) is 48.5 Å². The van der Waals surface area contributed by atoms with Crippen LogP contribution in [0.5, 0.6) is 0 Å². The van der Waals surface area contributed by atoms with Crippen LogP contribution in [0.3, 0.4) is 0 Å². The molecule has 0 radical (unpaired) electrons. The van der Waals surface area contributed by atoms with E-state index in [2.05, 4.69) is 15.5 Å². The second-order valence-corrected chi connectivity index (χ2v) is 9.98. The van der Waals surface area contributed by atoms with Crippen LogP contribution < -0.4 is 15.5 Å². The summed E-state index contributed by atoms with van der Waals surface area (Å²) in [6.07, 6.45) is 0. The molecule has 1 amide bonds. The predicted octanol–water partition coefficient (Wildman–Crippen LogP) is 1.98. The molecule has 0 spiro atoms. The van der Waals surface area contributed by atoms with Gasteiger partial charge in [-0.2, -0.15) is 4.31 Å². The van der Waals surface area contributed by atoms with E-state index in [0.717, 1.165) is 32.0 Å². The summed E-state index contributed by atoms with van der Waals surface area (Å²) in [6.45, 7) is 6.34. The molecule has 2 heterocycles. The fourth-order valence-electron chi connectivity index (χ4n) is 3.83. The topological polar surface area (TPSA) is 100 Å². The number of rotatable bonds is 7. The molecule has 2 aromatic rings. The van der Waals surface area contributed by atoms with Crippen molar-refractivity contribution in [1.29, 1.82) is 0 Å². The number of anilines is 3. The summed E-state index contributed by atoms with van der Waals surface area (Å²) >= 11 is 0. The first-order valence-corrected chi connectivity index (χ1v) is 12.6. The lowest BCUT2D eigenvalue weighted by atomic mass is 10.2. The van der Waals surface area contributed by atoms with Crippen molar-refractivity contribution in [3.8, 4) is 0 Å². The normalized spacial score (nSPS) is 18.5. The number of nitrogens with one attached hydrogen (secondary N) is 2. The summed E-state index contributed by atoms with van der Waals surface area (Å²) in [4.78, 5) is 15.1. The minimum absolute atomic E-state index is 0.195. The first kappa shape index (κ1) is 23.5. The van der Waals surface area contributed by atoms with Gasteiger partial charge in [0, 0.05) is 43.2 Å². The van der Waals surface area contributed by atoms with Crippen LogP contribution in [0.4, 0.5) is 17.1 Å². The van der Waals surface area contributed by atoms with Crippen LogP contribution in [-0.4, -0.2) is 77.3 Å². The second kappa shape index (κ2) is 10.5. The molecule has 33 heavy (non-hydrogen) atoms. The number of benzene rings is 2. The molecule has 2 fully saturated rings. The van der Waals surface area contributed by atoms with E-state index in [9.17, 15) is 13.2 Å². The molecule has 2 aliphatic heterocycles. The van der Waals surface area contributed by atoms with Gasteiger partial charge in [-0.25, -0.2) is 8.42 Å². The van der Waals surface area contributed by atoms with E-state index in [0.29, 0.717) is 37.7 Å². The SMILES string of the molecule is CC(Nc1cccc(S(=O)(=O)N2CCOCC2)c1)C(=O)Nc1ccc(N2CCOCC2)cc1. The van der Waals surface area contributed by atoms with Gasteiger partial charge >= 0.3 is 0 Å². The standard InChI is InChI=1S/C23H30N4O5S/c1-18(23(28)25-19-5-7-21(8-6-19)26-9-13-31-14-10-26)24-20-3-2-4-22(17-20)33(29,30)27-11-15-32-16-12-27/h2-8,17-18,24H,9-16H2,1H3,(H,25,28). The van der Waals surface area contributed by atoms with E-state index in [1.807, 2.05) is 24.3 Å². The summed E-state index contributed by atoms with van der Waals surface area (Å²) in [7, 11) is -3.60. The minimum atomic E-state index is -3.60. The van der Waals surface area contributed by atoms with Crippen LogP contribution in [0.1, 0.15) is 6.92 Å². The summed E-state index contributed by atoms with van der Waals surface area (Å²) in [6, 6.07) is 13.7. The Kier molecular flexibility index (Phi) is 7.49. The van der Waals surface area contributed by atoms with Crippen LogP contribution in [-0.2, 0) is 24.3 Å². The molecule has 0 bridgehead atoms. The van der Waals surface area contributed by atoms with Gasteiger partial charge in [-0.15, -0.1) is 0 Å². The van der Waals surface area contributed by atoms with Crippen LogP contribution in [0.15, 0.2) is 53.4 Å². The highest BCUT2D eigenvalue weighted by Crippen LogP contribution is 2.22. The summed E-state index contributed by atoms with van der Waals surface area (Å²) in [5, 5.41) is 6.00. The molecule has 2 aromatic carbocycles. The van der Waals surface area contributed by atoms with Gasteiger partial charge in [-0.3, -0.25) is 4.79 Å². The zero-order valence-corrected chi connectivity index (χ0v) is 19.5. The molecule has 1 unspecified atom stereocenters. The summed E-state index contributed by atoms with van der Waals surface area (Å²) in [5.41, 5.74) is 2.37. The quantitative estimate of drug-likeness (QED) is 0.633. The third kappa shape index (κ3) is 5.83. The van der Waals surface area contributed by atoms with Crippen LogP contribution in [0, 0.1) is 0 Å². The Morgan fingerprint density at radius 2 is 1.55 bits per heavy atom. The highest BCUT2D eigenvalue weighted by molar-refractivity contribution is 7.89. The van der Waals surface area contributed by atoms with Crippen LogP contribution >= 0.6 is 0 Å². The zero-order chi connectivity index (χ0) is 23.3. The number of morpholine rings is 2. The average Bonchev–Trinajstić information content (AvgIpc) is 2.85. The lowest BCUT2D eigenvalue weighted by Crippen LogP contribution is -2.40. The Bertz CT molecular complexity index is 1050. The molecule has 0 saturated carbocycles. The third-order valence-electron chi connectivity index (χ3n) is 5.73. The molecule has 2 N–H and O–H groups in total. The molecule has 4 rings (SSSR count). The molecule has 10 heteroatoms. The zero-order valence-electron chi connectivity index (χ0n) is 18.7. The first-order valence-electron chi connectivity index (χ1n) is 11.1. The van der Waals surface area contributed by atoms with Gasteiger partial charge in [0.15, 0.2) is 0 Å². The molecular weight excluding hydrogens is 444 g/mol. The number of hydrogen-bond donors (Lipinski definition) is 2. The van der Waals surface area contributed by atoms with Gasteiger partial charge in [-0.1, -0.05) is 6.07 Å². The average molecular weight is 475 g/mol.